The Kier molecular flexibility index (Phi) is 3.83. The van der Waals surface area contributed by atoms with Gasteiger partial charge in [-0.15, -0.1) is 0 Å². The molecular weight excluding hydrogens is 238 g/mol. The van der Waals surface area contributed by atoms with E-state index in [1.54, 1.807) is 6.92 Å². The molecule has 0 spiro atoms. The molecule has 92 valence electrons. The van der Waals surface area contributed by atoms with Gasteiger partial charge in [0.15, 0.2) is 6.29 Å². The van der Waals surface area contributed by atoms with Crippen LogP contribution in [0.3, 0.4) is 0 Å². The molecule has 2 rings (SSSR count). The average Bonchev–Trinajstić information content (AvgIpc) is 2.32. The predicted octanol–water partition coefficient (Wildman–Crippen LogP) is 0.921. The van der Waals surface area contributed by atoms with Crippen molar-refractivity contribution in [3.05, 3.63) is 17.6 Å². The molecule has 0 bridgehead atoms. The molecule has 0 atom stereocenters. The fourth-order valence-corrected chi connectivity index (χ4v) is 3.11. The van der Waals surface area contributed by atoms with E-state index in [0.717, 1.165) is 30.6 Å². The molecule has 0 amide bonds. The summed E-state index contributed by atoms with van der Waals surface area (Å²) >= 11 is 0. The Morgan fingerprint density at radius 3 is 2.82 bits per heavy atom. The van der Waals surface area contributed by atoms with Crippen molar-refractivity contribution in [3.8, 4) is 0 Å². The second kappa shape index (κ2) is 5.35. The molecule has 0 saturated carbocycles. The topological polar surface area (TPSA) is 72.0 Å². The smallest absolute Gasteiger partial charge is 0.155 e. The molecule has 5 nitrogen and oxygen atoms in total. The molecule has 6 heteroatoms. The molecule has 0 unspecified atom stereocenters. The van der Waals surface area contributed by atoms with E-state index in [-0.39, 0.29) is 6.04 Å². The number of hydrogen-bond acceptors (Lipinski definition) is 5. The minimum Gasteiger partial charge on any atom is -0.367 e. The molecule has 1 aromatic heterocycles. The normalized spacial score (nSPS) is 24.3. The fraction of sp³-hybridized carbons (Fsp3) is 0.545. The predicted molar refractivity (Wildman–Crippen MR) is 66.7 cm³/mol. The summed E-state index contributed by atoms with van der Waals surface area (Å²) in [5.74, 6) is 2.67. The number of aryl methyl sites for hydroxylation is 1. The van der Waals surface area contributed by atoms with Gasteiger partial charge < -0.3 is 5.32 Å². The lowest BCUT2D eigenvalue weighted by Crippen LogP contribution is -2.30. The van der Waals surface area contributed by atoms with Gasteiger partial charge in [-0.25, -0.2) is 9.97 Å². The van der Waals surface area contributed by atoms with Gasteiger partial charge in [-0.3, -0.25) is 9.00 Å². The van der Waals surface area contributed by atoms with Crippen LogP contribution in [-0.2, 0) is 10.8 Å². The first-order valence-corrected chi connectivity index (χ1v) is 7.08. The maximum absolute atomic E-state index is 11.2. The van der Waals surface area contributed by atoms with E-state index in [4.69, 9.17) is 0 Å². The first kappa shape index (κ1) is 12.2. The van der Waals surface area contributed by atoms with Crippen molar-refractivity contribution in [1.82, 2.24) is 9.97 Å². The van der Waals surface area contributed by atoms with Gasteiger partial charge in [0, 0.05) is 34.5 Å². The van der Waals surface area contributed by atoms with Crippen molar-refractivity contribution in [3.63, 3.8) is 0 Å². The van der Waals surface area contributed by atoms with E-state index < -0.39 is 10.8 Å². The monoisotopic (exact) mass is 253 g/mol. The highest BCUT2D eigenvalue weighted by Gasteiger charge is 2.19. The number of rotatable bonds is 3. The minimum atomic E-state index is -0.673. The van der Waals surface area contributed by atoms with Crippen molar-refractivity contribution in [1.29, 1.82) is 0 Å². The SMILES string of the molecule is Cc1ncc(C=O)c(NC2CCS(=O)CC2)n1. The highest BCUT2D eigenvalue weighted by Crippen LogP contribution is 2.17. The Morgan fingerprint density at radius 1 is 1.47 bits per heavy atom. The maximum Gasteiger partial charge on any atom is 0.155 e. The highest BCUT2D eigenvalue weighted by molar-refractivity contribution is 7.85. The molecule has 0 aromatic carbocycles. The summed E-state index contributed by atoms with van der Waals surface area (Å²) in [5, 5.41) is 3.24. The highest BCUT2D eigenvalue weighted by atomic mass is 32.2. The fourth-order valence-electron chi connectivity index (χ4n) is 1.81. The van der Waals surface area contributed by atoms with Crippen molar-refractivity contribution >= 4 is 22.9 Å². The lowest BCUT2D eigenvalue weighted by atomic mass is 10.1. The molecule has 0 radical (unpaired) electrons. The number of carbonyl (C=O) groups is 1. The van der Waals surface area contributed by atoms with Crippen LogP contribution in [0.25, 0.3) is 0 Å². The molecule has 1 N–H and O–H groups in total. The zero-order valence-electron chi connectivity index (χ0n) is 9.68. The van der Waals surface area contributed by atoms with Crippen LogP contribution in [0.5, 0.6) is 0 Å². The van der Waals surface area contributed by atoms with Gasteiger partial charge in [-0.2, -0.15) is 0 Å². The van der Waals surface area contributed by atoms with Crippen LogP contribution >= 0.6 is 0 Å². The summed E-state index contributed by atoms with van der Waals surface area (Å²) in [7, 11) is -0.673. The van der Waals surface area contributed by atoms with Gasteiger partial charge in [0.25, 0.3) is 0 Å². The van der Waals surface area contributed by atoms with Crippen molar-refractivity contribution in [2.75, 3.05) is 16.8 Å². The van der Waals surface area contributed by atoms with E-state index in [2.05, 4.69) is 15.3 Å². The number of nitrogens with zero attached hydrogens (tertiary/aromatic N) is 2. The summed E-state index contributed by atoms with van der Waals surface area (Å²) in [6.07, 6.45) is 3.99. The summed E-state index contributed by atoms with van der Waals surface area (Å²) in [4.78, 5) is 19.1. The third-order valence-corrected chi connectivity index (χ3v) is 4.18. The van der Waals surface area contributed by atoms with Crippen LogP contribution in [-0.4, -0.2) is 38.0 Å². The first-order chi connectivity index (χ1) is 8.19. The number of anilines is 1. The van der Waals surface area contributed by atoms with Gasteiger partial charge in [-0.05, 0) is 19.8 Å². The number of hydrogen-bond donors (Lipinski definition) is 1. The van der Waals surface area contributed by atoms with Crippen molar-refractivity contribution in [2.24, 2.45) is 0 Å². The van der Waals surface area contributed by atoms with Crippen LogP contribution in [0.2, 0.25) is 0 Å². The standard InChI is InChI=1S/C11H15N3O2S/c1-8-12-6-9(7-15)11(13-8)14-10-2-4-17(16)5-3-10/h6-7,10H,2-5H2,1H3,(H,12,13,14). The zero-order chi connectivity index (χ0) is 12.3. The number of carbonyl (C=O) groups excluding carboxylic acids is 1. The lowest BCUT2D eigenvalue weighted by molar-refractivity contribution is 0.112. The van der Waals surface area contributed by atoms with Crippen molar-refractivity contribution in [2.45, 2.75) is 25.8 Å². The first-order valence-electron chi connectivity index (χ1n) is 5.59. The third-order valence-electron chi connectivity index (χ3n) is 2.79. The van der Waals surface area contributed by atoms with E-state index in [1.807, 2.05) is 0 Å². The Morgan fingerprint density at radius 2 is 2.18 bits per heavy atom. The molecule has 1 saturated heterocycles. The van der Waals surface area contributed by atoms with Gasteiger partial charge in [0.2, 0.25) is 0 Å². The number of nitrogens with one attached hydrogen (secondary N) is 1. The van der Waals surface area contributed by atoms with Gasteiger partial charge >= 0.3 is 0 Å². The number of aromatic nitrogens is 2. The maximum atomic E-state index is 11.2. The lowest BCUT2D eigenvalue weighted by Gasteiger charge is -2.23. The third kappa shape index (κ3) is 3.09. The Balaban J connectivity index is 2.09. The van der Waals surface area contributed by atoms with Gasteiger partial charge in [-0.1, -0.05) is 0 Å². The van der Waals surface area contributed by atoms with Gasteiger partial charge in [0.05, 0.1) is 5.56 Å². The second-order valence-corrected chi connectivity index (χ2v) is 5.80. The summed E-state index contributed by atoms with van der Waals surface area (Å²) < 4.78 is 11.2. The Hall–Kier alpha value is -1.30. The van der Waals surface area contributed by atoms with E-state index in [1.165, 1.54) is 6.20 Å². The minimum absolute atomic E-state index is 0.251. The Bertz CT molecular complexity index is 440. The second-order valence-electron chi connectivity index (χ2n) is 4.11. The van der Waals surface area contributed by atoms with Crippen LogP contribution < -0.4 is 5.32 Å². The average molecular weight is 253 g/mol. The van der Waals surface area contributed by atoms with E-state index in [9.17, 15) is 9.00 Å². The molecule has 17 heavy (non-hydrogen) atoms. The summed E-state index contributed by atoms with van der Waals surface area (Å²) in [6.45, 7) is 1.79. The number of aldehydes is 1. The Labute approximate surface area is 103 Å². The molecule has 0 aliphatic carbocycles. The zero-order valence-corrected chi connectivity index (χ0v) is 10.5. The molecular formula is C11H15N3O2S. The molecule has 1 aromatic rings. The quantitative estimate of drug-likeness (QED) is 0.811. The largest absolute Gasteiger partial charge is 0.367 e. The van der Waals surface area contributed by atoms with Crippen molar-refractivity contribution < 1.29 is 9.00 Å². The van der Waals surface area contributed by atoms with Crippen LogP contribution in [0.15, 0.2) is 6.20 Å². The molecule has 1 fully saturated rings. The summed E-state index contributed by atoms with van der Waals surface area (Å²) in [6, 6.07) is 0.251. The van der Waals surface area contributed by atoms with Gasteiger partial charge in [0.1, 0.15) is 11.6 Å². The van der Waals surface area contributed by atoms with E-state index >= 15 is 0 Å². The van der Waals surface area contributed by atoms with E-state index in [0.29, 0.717) is 17.2 Å². The van der Waals surface area contributed by atoms with Crippen LogP contribution in [0.1, 0.15) is 29.0 Å². The van der Waals surface area contributed by atoms with Crippen LogP contribution in [0.4, 0.5) is 5.82 Å². The van der Waals surface area contributed by atoms with Crippen LogP contribution in [0, 0.1) is 6.92 Å². The molecule has 1 aliphatic heterocycles. The molecule has 2 heterocycles. The molecule has 1 aliphatic rings. The summed E-state index contributed by atoms with van der Waals surface area (Å²) in [5.41, 5.74) is 0.474.